The predicted octanol–water partition coefficient (Wildman–Crippen LogP) is 3.54. The molecule has 0 fully saturated rings. The van der Waals surface area contributed by atoms with Crippen molar-refractivity contribution in [1.82, 2.24) is 4.98 Å². The number of carbonyl (C=O) groups is 1. The van der Waals surface area contributed by atoms with Crippen LogP contribution in [0.2, 0.25) is 0 Å². The molecule has 0 aliphatic rings. The van der Waals surface area contributed by atoms with Crippen LogP contribution in [-0.2, 0) is 5.41 Å². The number of hydrogen-bond acceptors (Lipinski definition) is 2. The van der Waals surface area contributed by atoms with Gasteiger partial charge in [-0.05, 0) is 23.5 Å². The molecule has 1 heterocycles. The van der Waals surface area contributed by atoms with Crippen molar-refractivity contribution in [2.45, 2.75) is 33.1 Å². The van der Waals surface area contributed by atoms with E-state index in [1.807, 2.05) is 45.9 Å². The Morgan fingerprint density at radius 2 is 1.94 bits per heavy atom. The van der Waals surface area contributed by atoms with Gasteiger partial charge in [-0.2, -0.15) is 0 Å². The topological polar surface area (TPSA) is 50.2 Å². The van der Waals surface area contributed by atoms with Crippen molar-refractivity contribution < 1.29 is 9.90 Å². The van der Waals surface area contributed by atoms with Crippen molar-refractivity contribution >= 4 is 16.9 Å². The number of carboxylic acids is 1. The molecule has 0 bridgehead atoms. The maximum Gasteiger partial charge on any atom is 0.337 e. The molecule has 0 atom stereocenters. The van der Waals surface area contributed by atoms with E-state index in [1.54, 1.807) is 0 Å². The Balaban J connectivity index is 2.95. The van der Waals surface area contributed by atoms with E-state index in [9.17, 15) is 9.90 Å². The second kappa shape index (κ2) is 4.09. The Kier molecular flexibility index (Phi) is 2.85. The molecule has 0 unspecified atom stereocenters. The van der Waals surface area contributed by atoms with Gasteiger partial charge in [-0.25, -0.2) is 4.79 Å². The van der Waals surface area contributed by atoms with E-state index in [-0.39, 0.29) is 5.41 Å². The van der Waals surface area contributed by atoms with Crippen LogP contribution in [0.4, 0.5) is 0 Å². The van der Waals surface area contributed by atoms with E-state index in [4.69, 9.17) is 0 Å². The fourth-order valence-corrected chi connectivity index (χ4v) is 2.34. The van der Waals surface area contributed by atoms with Gasteiger partial charge in [0.2, 0.25) is 0 Å². The summed E-state index contributed by atoms with van der Waals surface area (Å²) >= 11 is 0. The first-order chi connectivity index (χ1) is 8.32. The van der Waals surface area contributed by atoms with Gasteiger partial charge in [0.05, 0.1) is 11.1 Å². The third-order valence-corrected chi connectivity index (χ3v) is 3.08. The van der Waals surface area contributed by atoms with Gasteiger partial charge in [0, 0.05) is 11.6 Å². The van der Waals surface area contributed by atoms with Gasteiger partial charge < -0.3 is 5.11 Å². The van der Waals surface area contributed by atoms with Crippen LogP contribution in [0.15, 0.2) is 24.4 Å². The molecule has 0 radical (unpaired) electrons. The lowest BCUT2D eigenvalue weighted by Crippen LogP contribution is -2.18. The summed E-state index contributed by atoms with van der Waals surface area (Å²) in [6.07, 6.45) is 1.47. The molecule has 0 amide bonds. The zero-order valence-electron chi connectivity index (χ0n) is 11.1. The number of para-hydroxylation sites is 1. The first-order valence-electron chi connectivity index (χ1n) is 5.94. The van der Waals surface area contributed by atoms with Gasteiger partial charge in [0.25, 0.3) is 0 Å². The van der Waals surface area contributed by atoms with Crippen LogP contribution in [0.3, 0.4) is 0 Å². The van der Waals surface area contributed by atoms with Crippen LogP contribution in [0.5, 0.6) is 0 Å². The first-order valence-corrected chi connectivity index (χ1v) is 5.94. The summed E-state index contributed by atoms with van der Waals surface area (Å²) in [6, 6.07) is 5.88. The summed E-state index contributed by atoms with van der Waals surface area (Å²) in [5.41, 5.74) is 2.86. The van der Waals surface area contributed by atoms with E-state index < -0.39 is 5.97 Å². The van der Waals surface area contributed by atoms with Crippen molar-refractivity contribution in [3.8, 4) is 0 Å². The van der Waals surface area contributed by atoms with Crippen LogP contribution >= 0.6 is 0 Å². The summed E-state index contributed by atoms with van der Waals surface area (Å²) in [6.45, 7) is 8.06. The maximum atomic E-state index is 11.4. The largest absolute Gasteiger partial charge is 0.478 e. The third-order valence-electron chi connectivity index (χ3n) is 3.08. The number of nitrogens with zero attached hydrogens (tertiary/aromatic N) is 1. The SMILES string of the molecule is Cc1cccc2c(C(C)(C)C)c(C(=O)O)cnc12. The van der Waals surface area contributed by atoms with Gasteiger partial charge in [-0.15, -0.1) is 0 Å². The highest BCUT2D eigenvalue weighted by atomic mass is 16.4. The normalized spacial score (nSPS) is 11.8. The van der Waals surface area contributed by atoms with Crippen molar-refractivity contribution in [1.29, 1.82) is 0 Å². The van der Waals surface area contributed by atoms with E-state index in [0.717, 1.165) is 22.0 Å². The summed E-state index contributed by atoms with van der Waals surface area (Å²) < 4.78 is 0. The van der Waals surface area contributed by atoms with Crippen molar-refractivity contribution in [3.05, 3.63) is 41.1 Å². The Hall–Kier alpha value is -1.90. The molecule has 94 valence electrons. The number of hydrogen-bond donors (Lipinski definition) is 1. The lowest BCUT2D eigenvalue weighted by Gasteiger charge is -2.23. The highest BCUT2D eigenvalue weighted by molar-refractivity contribution is 5.97. The molecule has 3 heteroatoms. The minimum absolute atomic E-state index is 0.233. The van der Waals surface area contributed by atoms with E-state index in [1.165, 1.54) is 6.20 Å². The standard InChI is InChI=1S/C15H17NO2/c1-9-6-5-7-10-12(15(2,3)4)11(14(17)18)8-16-13(9)10/h5-8H,1-4H3,(H,17,18). The van der Waals surface area contributed by atoms with E-state index in [2.05, 4.69) is 4.98 Å². The smallest absolute Gasteiger partial charge is 0.337 e. The van der Waals surface area contributed by atoms with Crippen LogP contribution < -0.4 is 0 Å². The molecule has 18 heavy (non-hydrogen) atoms. The third kappa shape index (κ3) is 1.96. The number of aryl methyl sites for hydroxylation is 1. The lowest BCUT2D eigenvalue weighted by atomic mass is 9.81. The maximum absolute atomic E-state index is 11.4. The predicted molar refractivity (Wildman–Crippen MR) is 72.1 cm³/mol. The zero-order valence-corrected chi connectivity index (χ0v) is 11.1. The van der Waals surface area contributed by atoms with Gasteiger partial charge >= 0.3 is 5.97 Å². The Bertz CT molecular complexity index is 624. The van der Waals surface area contributed by atoms with E-state index >= 15 is 0 Å². The quantitative estimate of drug-likeness (QED) is 0.833. The highest BCUT2D eigenvalue weighted by Gasteiger charge is 2.25. The summed E-state index contributed by atoms with van der Waals surface area (Å²) in [5, 5.41) is 10.3. The number of pyridine rings is 1. The molecule has 0 spiro atoms. The molecule has 0 aliphatic heterocycles. The minimum Gasteiger partial charge on any atom is -0.478 e. The van der Waals surface area contributed by atoms with Crippen LogP contribution in [0.25, 0.3) is 10.9 Å². The number of aromatic nitrogens is 1. The minimum atomic E-state index is -0.921. The number of fused-ring (bicyclic) bond motifs is 1. The summed E-state index contributed by atoms with van der Waals surface area (Å²) in [5.74, 6) is -0.921. The second-order valence-corrected chi connectivity index (χ2v) is 5.57. The number of benzene rings is 1. The van der Waals surface area contributed by atoms with E-state index in [0.29, 0.717) is 5.56 Å². The molecule has 1 aromatic carbocycles. The number of carboxylic acid groups (broad SMARTS) is 1. The molecule has 0 saturated heterocycles. The van der Waals surface area contributed by atoms with Gasteiger partial charge in [0.1, 0.15) is 0 Å². The van der Waals surface area contributed by atoms with Crippen molar-refractivity contribution in [2.24, 2.45) is 0 Å². The molecule has 0 saturated carbocycles. The Morgan fingerprint density at radius 3 is 2.50 bits per heavy atom. The fraction of sp³-hybridized carbons (Fsp3) is 0.333. The Labute approximate surface area is 106 Å². The molecule has 1 N–H and O–H groups in total. The molecule has 3 nitrogen and oxygen atoms in total. The first kappa shape index (κ1) is 12.6. The number of rotatable bonds is 1. The highest BCUT2D eigenvalue weighted by Crippen LogP contribution is 2.33. The number of aromatic carboxylic acids is 1. The second-order valence-electron chi connectivity index (χ2n) is 5.57. The Morgan fingerprint density at radius 1 is 1.28 bits per heavy atom. The van der Waals surface area contributed by atoms with Crippen molar-refractivity contribution in [3.63, 3.8) is 0 Å². The average Bonchev–Trinajstić information content (AvgIpc) is 2.26. The lowest BCUT2D eigenvalue weighted by molar-refractivity contribution is 0.0694. The molecule has 0 aliphatic carbocycles. The van der Waals surface area contributed by atoms with Crippen molar-refractivity contribution in [2.75, 3.05) is 0 Å². The van der Waals surface area contributed by atoms with Gasteiger partial charge in [-0.1, -0.05) is 39.0 Å². The zero-order chi connectivity index (χ0) is 13.5. The average molecular weight is 243 g/mol. The van der Waals surface area contributed by atoms with Crippen LogP contribution in [0, 0.1) is 6.92 Å². The fourth-order valence-electron chi connectivity index (χ4n) is 2.34. The molecule has 2 rings (SSSR count). The molecule has 1 aromatic heterocycles. The summed E-state index contributed by atoms with van der Waals surface area (Å²) in [7, 11) is 0. The van der Waals surface area contributed by atoms with Gasteiger partial charge in [-0.3, -0.25) is 4.98 Å². The monoisotopic (exact) mass is 243 g/mol. The molecule has 2 aromatic rings. The van der Waals surface area contributed by atoms with Crippen LogP contribution in [0.1, 0.15) is 42.3 Å². The summed E-state index contributed by atoms with van der Waals surface area (Å²) in [4.78, 5) is 15.7. The molecular formula is C15H17NO2. The van der Waals surface area contributed by atoms with Gasteiger partial charge in [0.15, 0.2) is 0 Å². The molecular weight excluding hydrogens is 226 g/mol. The van der Waals surface area contributed by atoms with Crippen LogP contribution in [-0.4, -0.2) is 16.1 Å².